The summed E-state index contributed by atoms with van der Waals surface area (Å²) in [5.41, 5.74) is 1.83. The lowest BCUT2D eigenvalue weighted by Gasteiger charge is -2.02. The highest BCUT2D eigenvalue weighted by Crippen LogP contribution is 2.25. The fraction of sp³-hybridized carbons (Fsp3) is 0. The molecule has 1 heterocycles. The number of benzene rings is 1. The Labute approximate surface area is 95.1 Å². The van der Waals surface area contributed by atoms with Crippen molar-refractivity contribution in [2.24, 2.45) is 0 Å². The molecule has 1 aromatic heterocycles. The van der Waals surface area contributed by atoms with Gasteiger partial charge in [0, 0.05) is 11.8 Å². The Kier molecular flexibility index (Phi) is 2.79. The fourth-order valence-corrected chi connectivity index (χ4v) is 1.70. The van der Waals surface area contributed by atoms with Crippen molar-refractivity contribution in [2.45, 2.75) is 0 Å². The minimum atomic E-state index is 0.257. The van der Waals surface area contributed by atoms with Crippen molar-refractivity contribution < 1.29 is 0 Å². The molecule has 1 aromatic carbocycles. The van der Waals surface area contributed by atoms with Gasteiger partial charge in [0.05, 0.1) is 10.2 Å². The first-order valence-electron chi connectivity index (χ1n) is 4.01. The molecule has 0 N–H and O–H groups in total. The zero-order chi connectivity index (χ0) is 9.97. The molecule has 4 heteroatoms. The Bertz CT molecular complexity index is 445. The largest absolute Gasteiger partial charge is 0.225 e. The van der Waals surface area contributed by atoms with E-state index in [4.69, 9.17) is 11.6 Å². The molecule has 0 unspecified atom stereocenters. The van der Waals surface area contributed by atoms with Crippen molar-refractivity contribution in [3.63, 3.8) is 0 Å². The Hall–Kier alpha value is -0.930. The van der Waals surface area contributed by atoms with Crippen LogP contribution in [0.25, 0.3) is 11.3 Å². The smallest absolute Gasteiger partial charge is 0.222 e. The van der Waals surface area contributed by atoms with E-state index in [1.807, 2.05) is 30.3 Å². The van der Waals surface area contributed by atoms with E-state index in [-0.39, 0.29) is 5.28 Å². The van der Waals surface area contributed by atoms with Crippen LogP contribution in [0, 0.1) is 0 Å². The maximum Gasteiger partial charge on any atom is 0.222 e. The predicted molar refractivity (Wildman–Crippen MR) is 60.2 cm³/mol. The molecule has 0 amide bonds. The molecular formula is C10H6BrClN2. The van der Waals surface area contributed by atoms with Gasteiger partial charge in [0.1, 0.15) is 0 Å². The summed E-state index contributed by atoms with van der Waals surface area (Å²) in [6.07, 6.45) is 1.65. The van der Waals surface area contributed by atoms with E-state index >= 15 is 0 Å². The lowest BCUT2D eigenvalue weighted by molar-refractivity contribution is 1.16. The van der Waals surface area contributed by atoms with Crippen molar-refractivity contribution in [3.05, 3.63) is 46.3 Å². The summed E-state index contributed by atoms with van der Waals surface area (Å²) < 4.78 is 0.841. The molecule has 0 radical (unpaired) electrons. The zero-order valence-electron chi connectivity index (χ0n) is 7.11. The maximum atomic E-state index is 5.72. The van der Waals surface area contributed by atoms with Crippen molar-refractivity contribution >= 4 is 27.5 Å². The second-order valence-corrected chi connectivity index (χ2v) is 3.89. The van der Waals surface area contributed by atoms with E-state index < -0.39 is 0 Å². The third-order valence-corrected chi connectivity index (χ3v) is 2.52. The van der Waals surface area contributed by atoms with Crippen LogP contribution >= 0.6 is 27.5 Å². The summed E-state index contributed by atoms with van der Waals surface area (Å²) in [6, 6.07) is 9.82. The second-order valence-electron chi connectivity index (χ2n) is 2.70. The van der Waals surface area contributed by atoms with Crippen molar-refractivity contribution in [1.29, 1.82) is 0 Å². The summed E-state index contributed by atoms with van der Waals surface area (Å²) in [6.45, 7) is 0. The SMILES string of the molecule is Clc1ncc(Br)c(-c2ccccc2)n1. The number of hydrogen-bond acceptors (Lipinski definition) is 2. The first-order valence-corrected chi connectivity index (χ1v) is 5.18. The maximum absolute atomic E-state index is 5.72. The lowest BCUT2D eigenvalue weighted by Crippen LogP contribution is -1.88. The first-order chi connectivity index (χ1) is 6.77. The van der Waals surface area contributed by atoms with E-state index in [9.17, 15) is 0 Å². The van der Waals surface area contributed by atoms with Gasteiger partial charge in [0.2, 0.25) is 5.28 Å². The van der Waals surface area contributed by atoms with Crippen LogP contribution in [0.2, 0.25) is 5.28 Å². The van der Waals surface area contributed by atoms with Crippen molar-refractivity contribution in [3.8, 4) is 11.3 Å². The number of aromatic nitrogens is 2. The van der Waals surface area contributed by atoms with Gasteiger partial charge in [-0.3, -0.25) is 0 Å². The minimum Gasteiger partial charge on any atom is -0.225 e. The third kappa shape index (κ3) is 1.94. The quantitative estimate of drug-likeness (QED) is 0.740. The average Bonchev–Trinajstić information content (AvgIpc) is 2.23. The zero-order valence-corrected chi connectivity index (χ0v) is 9.46. The molecule has 0 spiro atoms. The van der Waals surface area contributed by atoms with Gasteiger partial charge in [0.15, 0.2) is 0 Å². The van der Waals surface area contributed by atoms with Gasteiger partial charge in [-0.15, -0.1) is 0 Å². The van der Waals surface area contributed by atoms with Gasteiger partial charge in [-0.05, 0) is 27.5 Å². The van der Waals surface area contributed by atoms with Crippen LogP contribution < -0.4 is 0 Å². The van der Waals surface area contributed by atoms with Crippen LogP contribution in [0.3, 0.4) is 0 Å². The first kappa shape index (κ1) is 9.62. The van der Waals surface area contributed by atoms with Crippen molar-refractivity contribution in [2.75, 3.05) is 0 Å². The highest BCUT2D eigenvalue weighted by atomic mass is 79.9. The molecule has 0 aliphatic heterocycles. The molecule has 0 saturated carbocycles. The molecule has 14 heavy (non-hydrogen) atoms. The molecule has 0 aliphatic carbocycles. The number of hydrogen-bond donors (Lipinski definition) is 0. The van der Waals surface area contributed by atoms with Gasteiger partial charge in [0.25, 0.3) is 0 Å². The van der Waals surface area contributed by atoms with Gasteiger partial charge in [-0.2, -0.15) is 0 Å². The molecule has 0 bridgehead atoms. The Balaban J connectivity index is 2.57. The second kappa shape index (κ2) is 4.07. The number of nitrogens with zero attached hydrogens (tertiary/aromatic N) is 2. The molecule has 70 valence electrons. The molecule has 0 aliphatic rings. The van der Waals surface area contributed by atoms with Crippen LogP contribution in [-0.4, -0.2) is 9.97 Å². The standard InChI is InChI=1S/C10H6BrClN2/c11-8-6-13-10(12)14-9(8)7-4-2-1-3-5-7/h1-6H. The van der Waals surface area contributed by atoms with Gasteiger partial charge >= 0.3 is 0 Å². The van der Waals surface area contributed by atoms with Crippen LogP contribution in [0.15, 0.2) is 41.0 Å². The van der Waals surface area contributed by atoms with Gasteiger partial charge in [-0.25, -0.2) is 9.97 Å². The number of halogens is 2. The Morgan fingerprint density at radius 2 is 1.86 bits per heavy atom. The highest BCUT2D eigenvalue weighted by molar-refractivity contribution is 9.10. The Morgan fingerprint density at radius 3 is 2.57 bits per heavy atom. The summed E-state index contributed by atoms with van der Waals surface area (Å²) in [7, 11) is 0. The summed E-state index contributed by atoms with van der Waals surface area (Å²) in [5, 5.41) is 0.257. The van der Waals surface area contributed by atoms with Crippen LogP contribution in [0.5, 0.6) is 0 Å². The molecule has 2 nitrogen and oxygen atoms in total. The minimum absolute atomic E-state index is 0.257. The molecule has 0 fully saturated rings. The van der Waals surface area contributed by atoms with E-state index in [0.717, 1.165) is 15.7 Å². The summed E-state index contributed by atoms with van der Waals surface area (Å²) in [4.78, 5) is 8.02. The fourth-order valence-electron chi connectivity index (χ4n) is 1.14. The van der Waals surface area contributed by atoms with Crippen LogP contribution in [-0.2, 0) is 0 Å². The monoisotopic (exact) mass is 268 g/mol. The Morgan fingerprint density at radius 1 is 1.14 bits per heavy atom. The predicted octanol–water partition coefficient (Wildman–Crippen LogP) is 3.56. The molecule has 0 saturated heterocycles. The van der Waals surface area contributed by atoms with E-state index in [0.29, 0.717) is 0 Å². The lowest BCUT2D eigenvalue weighted by atomic mass is 10.1. The van der Waals surface area contributed by atoms with Gasteiger partial charge in [-0.1, -0.05) is 30.3 Å². The van der Waals surface area contributed by atoms with Crippen LogP contribution in [0.4, 0.5) is 0 Å². The topological polar surface area (TPSA) is 25.8 Å². The molecule has 2 aromatic rings. The molecular weight excluding hydrogens is 263 g/mol. The number of rotatable bonds is 1. The summed E-state index contributed by atoms with van der Waals surface area (Å²) in [5.74, 6) is 0. The van der Waals surface area contributed by atoms with Crippen LogP contribution in [0.1, 0.15) is 0 Å². The molecule has 2 rings (SSSR count). The highest BCUT2D eigenvalue weighted by Gasteiger charge is 2.05. The third-order valence-electron chi connectivity index (χ3n) is 1.76. The van der Waals surface area contributed by atoms with E-state index in [1.165, 1.54) is 0 Å². The average molecular weight is 270 g/mol. The molecule has 0 atom stereocenters. The van der Waals surface area contributed by atoms with Gasteiger partial charge < -0.3 is 0 Å². The van der Waals surface area contributed by atoms with Crippen molar-refractivity contribution in [1.82, 2.24) is 9.97 Å². The van der Waals surface area contributed by atoms with E-state index in [2.05, 4.69) is 25.9 Å². The van der Waals surface area contributed by atoms with E-state index in [1.54, 1.807) is 6.20 Å². The normalized spacial score (nSPS) is 10.1. The summed E-state index contributed by atoms with van der Waals surface area (Å²) >= 11 is 9.11.